The molecule has 0 heterocycles. The molecule has 1 atom stereocenters. The van der Waals surface area contributed by atoms with Gasteiger partial charge in [0.2, 0.25) is 0 Å². The number of Topliss-reactive ketones (excluding diaryl/α,β-unsaturated/α-hetero) is 1. The first-order chi connectivity index (χ1) is 15.0. The average Bonchev–Trinajstić information content (AvgIpc) is 2.79. The van der Waals surface area contributed by atoms with E-state index in [1.54, 1.807) is 24.3 Å². The Labute approximate surface area is 180 Å². The highest BCUT2D eigenvalue weighted by Gasteiger charge is 2.24. The zero-order valence-corrected chi connectivity index (χ0v) is 17.1. The van der Waals surface area contributed by atoms with Crippen LogP contribution in [0.5, 0.6) is 5.75 Å². The van der Waals surface area contributed by atoms with Crippen molar-refractivity contribution in [1.29, 1.82) is 0 Å². The standard InChI is InChI=1S/C25H23NO5/c1-18(27)21-12-14-22(15-13-21)31-24(28)23(16-19-8-4-2-5-9-19)26-25(29)30-17-20-10-6-3-7-11-20/h2-15,23H,16-17H2,1H3,(H,26,29)/t23-/m0/s1. The normalized spacial score (nSPS) is 11.3. The molecule has 0 unspecified atom stereocenters. The van der Waals surface area contributed by atoms with E-state index in [2.05, 4.69) is 5.32 Å². The highest BCUT2D eigenvalue weighted by Crippen LogP contribution is 2.15. The molecule has 0 saturated heterocycles. The van der Waals surface area contributed by atoms with Crippen LogP contribution in [0.1, 0.15) is 28.4 Å². The van der Waals surface area contributed by atoms with Crippen LogP contribution >= 0.6 is 0 Å². The molecule has 0 radical (unpaired) electrons. The summed E-state index contributed by atoms with van der Waals surface area (Å²) in [6.45, 7) is 1.55. The van der Waals surface area contributed by atoms with Gasteiger partial charge >= 0.3 is 12.1 Å². The highest BCUT2D eigenvalue weighted by molar-refractivity contribution is 5.94. The van der Waals surface area contributed by atoms with Crippen LogP contribution in [-0.4, -0.2) is 23.9 Å². The number of ether oxygens (including phenoxy) is 2. The molecule has 3 rings (SSSR count). The Morgan fingerprint density at radius 3 is 1.97 bits per heavy atom. The van der Waals surface area contributed by atoms with Crippen molar-refractivity contribution < 1.29 is 23.9 Å². The Hall–Kier alpha value is -3.93. The third kappa shape index (κ3) is 6.82. The molecule has 0 aliphatic heterocycles. The summed E-state index contributed by atoms with van der Waals surface area (Å²) in [5.41, 5.74) is 2.22. The maximum absolute atomic E-state index is 12.8. The van der Waals surface area contributed by atoms with Gasteiger partial charge in [-0.3, -0.25) is 4.79 Å². The van der Waals surface area contributed by atoms with Crippen molar-refractivity contribution in [3.05, 3.63) is 102 Å². The Morgan fingerprint density at radius 1 is 0.806 bits per heavy atom. The SMILES string of the molecule is CC(=O)c1ccc(OC(=O)[C@H](Cc2ccccc2)NC(=O)OCc2ccccc2)cc1. The van der Waals surface area contributed by atoms with Gasteiger partial charge < -0.3 is 14.8 Å². The average molecular weight is 417 g/mol. The lowest BCUT2D eigenvalue weighted by Gasteiger charge is -2.18. The molecule has 3 aromatic rings. The topological polar surface area (TPSA) is 81.7 Å². The van der Waals surface area contributed by atoms with Crippen LogP contribution < -0.4 is 10.1 Å². The van der Waals surface area contributed by atoms with Crippen LogP contribution in [0.25, 0.3) is 0 Å². The molecule has 0 aliphatic rings. The molecule has 0 fully saturated rings. The van der Waals surface area contributed by atoms with Crippen molar-refractivity contribution >= 4 is 17.8 Å². The maximum atomic E-state index is 12.8. The lowest BCUT2D eigenvalue weighted by atomic mass is 10.1. The second-order valence-corrected chi connectivity index (χ2v) is 6.95. The third-order valence-electron chi connectivity index (χ3n) is 4.55. The predicted molar refractivity (Wildman–Crippen MR) is 116 cm³/mol. The van der Waals surface area contributed by atoms with Crippen LogP contribution in [0, 0.1) is 0 Å². The van der Waals surface area contributed by atoms with Crippen LogP contribution in [0.2, 0.25) is 0 Å². The lowest BCUT2D eigenvalue weighted by molar-refractivity contribution is -0.136. The van der Waals surface area contributed by atoms with Crippen molar-refractivity contribution in [1.82, 2.24) is 5.32 Å². The van der Waals surface area contributed by atoms with Gasteiger partial charge in [0.1, 0.15) is 18.4 Å². The zero-order valence-electron chi connectivity index (χ0n) is 17.1. The molecule has 0 saturated carbocycles. The minimum atomic E-state index is -0.946. The monoisotopic (exact) mass is 417 g/mol. The third-order valence-corrected chi connectivity index (χ3v) is 4.55. The van der Waals surface area contributed by atoms with Crippen molar-refractivity contribution in [2.45, 2.75) is 26.0 Å². The van der Waals surface area contributed by atoms with E-state index in [1.807, 2.05) is 60.7 Å². The smallest absolute Gasteiger partial charge is 0.408 e. The number of ketones is 1. The van der Waals surface area contributed by atoms with E-state index in [1.165, 1.54) is 6.92 Å². The van der Waals surface area contributed by atoms with Gasteiger partial charge in [-0.2, -0.15) is 0 Å². The molecule has 0 aliphatic carbocycles. The molecule has 0 bridgehead atoms. The van der Waals surface area contributed by atoms with Crippen molar-refractivity contribution in [3.8, 4) is 5.75 Å². The molecular weight excluding hydrogens is 394 g/mol. The molecule has 6 nitrogen and oxygen atoms in total. The molecule has 31 heavy (non-hydrogen) atoms. The summed E-state index contributed by atoms with van der Waals surface area (Å²) in [5.74, 6) is -0.425. The van der Waals surface area contributed by atoms with Gasteiger partial charge in [-0.05, 0) is 42.3 Å². The van der Waals surface area contributed by atoms with E-state index < -0.39 is 18.1 Å². The summed E-state index contributed by atoms with van der Waals surface area (Å²) < 4.78 is 10.7. The fourth-order valence-electron chi connectivity index (χ4n) is 2.90. The molecule has 0 aromatic heterocycles. The molecule has 3 aromatic carbocycles. The van der Waals surface area contributed by atoms with E-state index >= 15 is 0 Å². The zero-order chi connectivity index (χ0) is 22.1. The Morgan fingerprint density at radius 2 is 1.39 bits per heavy atom. The number of amides is 1. The number of hydrogen-bond acceptors (Lipinski definition) is 5. The van der Waals surface area contributed by atoms with E-state index in [0.29, 0.717) is 5.56 Å². The number of alkyl carbamates (subject to hydrolysis) is 1. The fourth-order valence-corrected chi connectivity index (χ4v) is 2.90. The van der Waals surface area contributed by atoms with Gasteiger partial charge in [-0.15, -0.1) is 0 Å². The summed E-state index contributed by atoms with van der Waals surface area (Å²) in [5, 5.41) is 2.60. The lowest BCUT2D eigenvalue weighted by Crippen LogP contribution is -2.44. The second kappa shape index (κ2) is 10.7. The number of nitrogens with one attached hydrogen (secondary N) is 1. The number of carbonyl (C=O) groups excluding carboxylic acids is 3. The number of hydrogen-bond donors (Lipinski definition) is 1. The van der Waals surface area contributed by atoms with Crippen LogP contribution in [0.3, 0.4) is 0 Å². The van der Waals surface area contributed by atoms with E-state index in [0.717, 1.165) is 11.1 Å². The van der Waals surface area contributed by atoms with E-state index in [4.69, 9.17) is 9.47 Å². The van der Waals surface area contributed by atoms with Crippen molar-refractivity contribution in [3.63, 3.8) is 0 Å². The first kappa shape index (κ1) is 21.8. The van der Waals surface area contributed by atoms with E-state index in [-0.39, 0.29) is 24.6 Å². The molecular formula is C25H23NO5. The summed E-state index contributed by atoms with van der Waals surface area (Å²) in [7, 11) is 0. The van der Waals surface area contributed by atoms with Crippen molar-refractivity contribution in [2.24, 2.45) is 0 Å². The Bertz CT molecular complexity index is 1020. The van der Waals surface area contributed by atoms with Crippen molar-refractivity contribution in [2.75, 3.05) is 0 Å². The van der Waals surface area contributed by atoms with Gasteiger partial charge in [0.15, 0.2) is 5.78 Å². The fraction of sp³-hybridized carbons (Fsp3) is 0.160. The Balaban J connectivity index is 1.66. The largest absolute Gasteiger partial charge is 0.445 e. The summed E-state index contributed by atoms with van der Waals surface area (Å²) in [6, 6.07) is 23.9. The van der Waals surface area contributed by atoms with Crippen LogP contribution in [0.15, 0.2) is 84.9 Å². The Kier molecular flexibility index (Phi) is 7.54. The van der Waals surface area contributed by atoms with Gasteiger partial charge in [0, 0.05) is 12.0 Å². The molecule has 6 heteroatoms. The quantitative estimate of drug-likeness (QED) is 0.335. The highest BCUT2D eigenvalue weighted by atomic mass is 16.6. The molecule has 1 amide bonds. The molecule has 1 N–H and O–H groups in total. The van der Waals surface area contributed by atoms with Gasteiger partial charge in [0.25, 0.3) is 0 Å². The maximum Gasteiger partial charge on any atom is 0.408 e. The van der Waals surface area contributed by atoms with Crippen LogP contribution in [0.4, 0.5) is 4.79 Å². The van der Waals surface area contributed by atoms with E-state index in [9.17, 15) is 14.4 Å². The minimum Gasteiger partial charge on any atom is -0.445 e. The summed E-state index contributed by atoms with van der Waals surface area (Å²) in [4.78, 5) is 36.5. The summed E-state index contributed by atoms with van der Waals surface area (Å²) in [6.07, 6.45) is -0.472. The van der Waals surface area contributed by atoms with Gasteiger partial charge in [-0.25, -0.2) is 9.59 Å². The molecule has 158 valence electrons. The predicted octanol–water partition coefficient (Wildman–Crippen LogP) is 4.33. The second-order valence-electron chi connectivity index (χ2n) is 6.95. The number of benzene rings is 3. The minimum absolute atomic E-state index is 0.0809. The van der Waals surface area contributed by atoms with Gasteiger partial charge in [-0.1, -0.05) is 60.7 Å². The summed E-state index contributed by atoms with van der Waals surface area (Å²) >= 11 is 0. The number of esters is 1. The first-order valence-electron chi connectivity index (χ1n) is 9.85. The number of rotatable bonds is 8. The van der Waals surface area contributed by atoms with Gasteiger partial charge in [0.05, 0.1) is 0 Å². The molecule has 0 spiro atoms. The number of carbonyl (C=O) groups is 3. The van der Waals surface area contributed by atoms with Crippen LogP contribution in [-0.2, 0) is 22.6 Å². The first-order valence-corrected chi connectivity index (χ1v) is 9.85.